The minimum atomic E-state index is 0. The Morgan fingerprint density at radius 1 is 0.667 bits per heavy atom. The van der Waals surface area contributed by atoms with Gasteiger partial charge in [-0.25, -0.2) is 24.3 Å². The van der Waals surface area contributed by atoms with Gasteiger partial charge in [-0.2, -0.15) is 36.4 Å². The van der Waals surface area contributed by atoms with Gasteiger partial charge in [0.05, 0.1) is 0 Å². The maximum Gasteiger partial charge on any atom is 4.00 e. The molecule has 2 aromatic rings. The second kappa shape index (κ2) is 11.1. The van der Waals surface area contributed by atoms with E-state index in [4.69, 9.17) is 0 Å². The predicted molar refractivity (Wildman–Crippen MR) is 45.2 cm³/mol. The molecule has 0 unspecified atom stereocenters. The Bertz CT molecular complexity index is 154. The van der Waals surface area contributed by atoms with Crippen molar-refractivity contribution >= 4 is 0 Å². The standard InChI is InChI=1S/2C5H5.BrH.Zr.H/c2*1-2-4-5-3-1;;;/h2*1-5H;1H;;/q2*-1;;+4;-1/p-1. The van der Waals surface area contributed by atoms with Crippen molar-refractivity contribution in [2.45, 2.75) is 0 Å². The van der Waals surface area contributed by atoms with Crippen LogP contribution in [0.3, 0.4) is 0 Å². The number of halogens is 1. The van der Waals surface area contributed by atoms with Gasteiger partial charge < -0.3 is 18.4 Å². The molecular weight excluding hydrogens is 291 g/mol. The van der Waals surface area contributed by atoms with Gasteiger partial charge in [0, 0.05) is 0 Å². The van der Waals surface area contributed by atoms with Gasteiger partial charge in [0.25, 0.3) is 0 Å². The van der Waals surface area contributed by atoms with Crippen LogP contribution in [-0.4, -0.2) is 0 Å². The molecule has 0 saturated carbocycles. The topological polar surface area (TPSA) is 0 Å². The maximum absolute atomic E-state index is 2.00. The second-order valence-corrected chi connectivity index (χ2v) is 1.92. The average Bonchev–Trinajstić information content (AvgIpc) is 2.67. The molecule has 0 saturated heterocycles. The predicted octanol–water partition coefficient (Wildman–Crippen LogP) is -0.0750. The molecule has 0 heterocycles. The second-order valence-electron chi connectivity index (χ2n) is 1.92. The van der Waals surface area contributed by atoms with E-state index in [1.54, 1.807) is 0 Å². The van der Waals surface area contributed by atoms with E-state index in [-0.39, 0.29) is 44.6 Å². The summed E-state index contributed by atoms with van der Waals surface area (Å²) in [4.78, 5) is 0. The quantitative estimate of drug-likeness (QED) is 0.598. The van der Waals surface area contributed by atoms with E-state index in [2.05, 4.69) is 0 Å². The van der Waals surface area contributed by atoms with E-state index >= 15 is 0 Å². The third-order valence-electron chi connectivity index (χ3n) is 1.11. The van der Waals surface area contributed by atoms with Gasteiger partial charge in [-0.3, -0.25) is 0 Å². The minimum absolute atomic E-state index is 0. The van der Waals surface area contributed by atoms with E-state index < -0.39 is 0 Å². The molecule has 0 fully saturated rings. The summed E-state index contributed by atoms with van der Waals surface area (Å²) in [6, 6.07) is 20.0. The summed E-state index contributed by atoms with van der Waals surface area (Å²) < 4.78 is 0. The van der Waals surface area contributed by atoms with Crippen molar-refractivity contribution in [2.75, 3.05) is 0 Å². The molecule has 0 aliphatic heterocycles. The van der Waals surface area contributed by atoms with Crippen molar-refractivity contribution in [1.82, 2.24) is 0 Å². The van der Waals surface area contributed by atoms with E-state index in [0.29, 0.717) is 0 Å². The van der Waals surface area contributed by atoms with Crippen LogP contribution in [0.5, 0.6) is 0 Å². The fourth-order valence-corrected chi connectivity index (χ4v) is 0.642. The normalized spacial score (nSPS) is 6.67. The average molecular weight is 302 g/mol. The van der Waals surface area contributed by atoms with Gasteiger partial charge in [-0.15, -0.1) is 0 Å². The molecule has 0 aromatic heterocycles. The van der Waals surface area contributed by atoms with E-state index in [1.165, 1.54) is 0 Å². The maximum atomic E-state index is 2.00. The fourth-order valence-electron chi connectivity index (χ4n) is 0.642. The van der Waals surface area contributed by atoms with Crippen molar-refractivity contribution in [3.8, 4) is 0 Å². The van der Waals surface area contributed by atoms with Crippen LogP contribution in [0.4, 0.5) is 0 Å². The van der Waals surface area contributed by atoms with Crippen molar-refractivity contribution in [3.63, 3.8) is 0 Å². The monoisotopic (exact) mass is 300 g/mol. The van der Waals surface area contributed by atoms with E-state index in [0.717, 1.165) is 0 Å². The number of rotatable bonds is 0. The van der Waals surface area contributed by atoms with Crippen LogP contribution in [0, 0.1) is 0 Å². The first-order valence-electron chi connectivity index (χ1n) is 3.33. The van der Waals surface area contributed by atoms with Crippen molar-refractivity contribution in [2.24, 2.45) is 0 Å². The molecule has 0 amide bonds. The van der Waals surface area contributed by atoms with Crippen molar-refractivity contribution < 1.29 is 44.6 Å². The SMILES string of the molecule is [Br-].[H-].[Zr+4].c1cc[cH-]c1.c1cc[cH-]c1. The van der Waals surface area contributed by atoms with E-state index in [1.807, 2.05) is 60.7 Å². The molecule has 0 nitrogen and oxygen atoms in total. The van der Waals surface area contributed by atoms with Crippen LogP contribution in [0.15, 0.2) is 60.7 Å². The molecule has 0 N–H and O–H groups in total. The Labute approximate surface area is 105 Å². The van der Waals surface area contributed by atoms with Gasteiger partial charge in [0.15, 0.2) is 0 Å². The molecule has 0 aliphatic rings. The summed E-state index contributed by atoms with van der Waals surface area (Å²) >= 11 is 0. The van der Waals surface area contributed by atoms with Crippen molar-refractivity contribution in [3.05, 3.63) is 60.7 Å². The summed E-state index contributed by atoms with van der Waals surface area (Å²) in [5.74, 6) is 0. The third-order valence-corrected chi connectivity index (χ3v) is 1.11. The Morgan fingerprint density at radius 2 is 0.917 bits per heavy atom. The third kappa shape index (κ3) is 8.16. The van der Waals surface area contributed by atoms with Gasteiger partial charge in [-0.05, 0) is 0 Å². The molecule has 2 heteroatoms. The molecule has 0 aliphatic carbocycles. The van der Waals surface area contributed by atoms with Gasteiger partial charge in [0.2, 0.25) is 0 Å². The molecule has 0 spiro atoms. The summed E-state index contributed by atoms with van der Waals surface area (Å²) in [5.41, 5.74) is 0. The zero-order valence-corrected chi connectivity index (χ0v) is 10.7. The summed E-state index contributed by atoms with van der Waals surface area (Å²) in [6.07, 6.45) is 0. The van der Waals surface area contributed by atoms with Gasteiger partial charge in [-0.1, -0.05) is 0 Å². The van der Waals surface area contributed by atoms with Crippen molar-refractivity contribution in [1.29, 1.82) is 0 Å². The zero-order valence-electron chi connectivity index (χ0n) is 7.65. The molecule has 0 atom stereocenters. The number of hydrogen-bond donors (Lipinski definition) is 0. The molecule has 2 rings (SSSR count). The van der Waals surface area contributed by atoms with Crippen LogP contribution in [0.2, 0.25) is 0 Å². The van der Waals surface area contributed by atoms with Crippen LogP contribution < -0.4 is 17.0 Å². The van der Waals surface area contributed by atoms with Crippen LogP contribution >= 0.6 is 0 Å². The summed E-state index contributed by atoms with van der Waals surface area (Å²) in [5, 5.41) is 0. The van der Waals surface area contributed by atoms with Gasteiger partial charge in [0.1, 0.15) is 0 Å². The first-order chi connectivity index (χ1) is 5.00. The van der Waals surface area contributed by atoms with Crippen LogP contribution in [0.25, 0.3) is 0 Å². The smallest absolute Gasteiger partial charge is 1.00 e. The fraction of sp³-hybridized carbons (Fsp3) is 0. The molecule has 2 aromatic carbocycles. The number of hydrogen-bond acceptors (Lipinski definition) is 0. The van der Waals surface area contributed by atoms with Gasteiger partial charge >= 0.3 is 26.2 Å². The first kappa shape index (κ1) is 14.6. The molecular formula is C10H11BrZr. The van der Waals surface area contributed by atoms with Crippen LogP contribution in [-0.2, 0) is 26.2 Å². The molecule has 12 heavy (non-hydrogen) atoms. The van der Waals surface area contributed by atoms with Crippen LogP contribution in [0.1, 0.15) is 1.43 Å². The Hall–Kier alpha value is 0.0631. The molecule has 0 radical (unpaired) electrons. The minimum Gasteiger partial charge on any atom is -1.00 e. The van der Waals surface area contributed by atoms with E-state index in [9.17, 15) is 0 Å². The molecule has 0 bridgehead atoms. The largest absolute Gasteiger partial charge is 4.00 e. The Morgan fingerprint density at radius 3 is 1.00 bits per heavy atom. The summed E-state index contributed by atoms with van der Waals surface area (Å²) in [6.45, 7) is 0. The Balaban J connectivity index is -0.000000125. The zero-order chi connectivity index (χ0) is 7.07. The first-order valence-corrected chi connectivity index (χ1v) is 3.33. The Kier molecular flexibility index (Phi) is 13.4. The molecule has 62 valence electrons. The summed E-state index contributed by atoms with van der Waals surface area (Å²) in [7, 11) is 0.